The Morgan fingerprint density at radius 1 is 1.26 bits per heavy atom. The maximum absolute atomic E-state index is 13.0. The van der Waals surface area contributed by atoms with Crippen molar-refractivity contribution in [3.05, 3.63) is 68.7 Å². The number of fused-ring (bicyclic) bond motifs is 1. The minimum atomic E-state index is -0.438. The van der Waals surface area contributed by atoms with Gasteiger partial charge in [0.05, 0.1) is 20.1 Å². The molecule has 1 aliphatic heterocycles. The van der Waals surface area contributed by atoms with Crippen LogP contribution in [-0.2, 0) is 0 Å². The van der Waals surface area contributed by atoms with Crippen molar-refractivity contribution < 1.29 is 9.72 Å². The van der Waals surface area contributed by atoms with Gasteiger partial charge in [-0.25, -0.2) is 4.98 Å². The number of hydrogen-bond acceptors (Lipinski definition) is 5. The molecule has 0 bridgehead atoms. The minimum absolute atomic E-state index is 0.0133. The van der Waals surface area contributed by atoms with E-state index in [0.29, 0.717) is 24.2 Å². The number of nitro benzene ring substituents is 1. The zero-order chi connectivity index (χ0) is 19.0. The monoisotopic (exact) mass is 381 g/mol. The van der Waals surface area contributed by atoms with Crippen LogP contribution >= 0.6 is 11.3 Å². The first kappa shape index (κ1) is 17.6. The number of benzene rings is 2. The molecule has 2 aromatic carbocycles. The summed E-state index contributed by atoms with van der Waals surface area (Å²) in [5, 5.41) is 12.2. The summed E-state index contributed by atoms with van der Waals surface area (Å²) < 4.78 is 1.16. The smallest absolute Gasteiger partial charge is 0.273 e. The van der Waals surface area contributed by atoms with Gasteiger partial charge in [-0.1, -0.05) is 18.2 Å². The van der Waals surface area contributed by atoms with Crippen LogP contribution in [0.25, 0.3) is 10.2 Å². The average Bonchev–Trinajstić information content (AvgIpc) is 3.12. The first-order chi connectivity index (χ1) is 13.0. The fourth-order valence-corrected chi connectivity index (χ4v) is 4.74. The number of hydrogen-bond donors (Lipinski definition) is 0. The van der Waals surface area contributed by atoms with Crippen molar-refractivity contribution in [1.82, 2.24) is 9.88 Å². The average molecular weight is 381 g/mol. The van der Waals surface area contributed by atoms with E-state index in [0.717, 1.165) is 28.1 Å². The second-order valence-electron chi connectivity index (χ2n) is 6.82. The summed E-state index contributed by atoms with van der Waals surface area (Å²) in [4.78, 5) is 30.3. The molecule has 2 heterocycles. The molecular formula is C20H19N3O3S. The van der Waals surface area contributed by atoms with E-state index in [4.69, 9.17) is 4.98 Å². The maximum atomic E-state index is 13.0. The molecule has 1 saturated heterocycles. The topological polar surface area (TPSA) is 76.3 Å². The van der Waals surface area contributed by atoms with Crippen molar-refractivity contribution in [3.63, 3.8) is 0 Å². The normalized spacial score (nSPS) is 17.2. The van der Waals surface area contributed by atoms with Crippen molar-refractivity contribution in [3.8, 4) is 0 Å². The Bertz CT molecular complexity index is 997. The highest BCUT2D eigenvalue weighted by atomic mass is 32.1. The third kappa shape index (κ3) is 3.30. The molecule has 1 aromatic heterocycles. The standard InChI is InChI=1S/C20H19N3O3S/c1-13-15(7-4-9-17(13)23(25)26)20(24)22-11-5-6-14(12-22)19-21-16-8-2-3-10-18(16)27-19/h2-4,7-10,14H,5-6,11-12H2,1H3/t14-/m1/s1. The van der Waals surface area contributed by atoms with Crippen molar-refractivity contribution in [2.75, 3.05) is 13.1 Å². The van der Waals surface area contributed by atoms with Gasteiger partial charge in [-0.05, 0) is 38.0 Å². The van der Waals surface area contributed by atoms with Crippen LogP contribution in [0, 0.1) is 17.0 Å². The van der Waals surface area contributed by atoms with Gasteiger partial charge in [0.2, 0.25) is 0 Å². The lowest BCUT2D eigenvalue weighted by Gasteiger charge is -2.32. The molecule has 0 saturated carbocycles. The molecule has 1 atom stereocenters. The Morgan fingerprint density at radius 3 is 2.85 bits per heavy atom. The number of likely N-dealkylation sites (tertiary alicyclic amines) is 1. The predicted molar refractivity (Wildman–Crippen MR) is 105 cm³/mol. The zero-order valence-electron chi connectivity index (χ0n) is 14.9. The van der Waals surface area contributed by atoms with E-state index < -0.39 is 4.92 Å². The van der Waals surface area contributed by atoms with Crippen LogP contribution in [0.4, 0.5) is 5.69 Å². The molecule has 7 heteroatoms. The van der Waals surface area contributed by atoms with Gasteiger partial charge in [-0.3, -0.25) is 14.9 Å². The summed E-state index contributed by atoms with van der Waals surface area (Å²) in [5.74, 6) is 0.0705. The number of carbonyl (C=O) groups is 1. The number of thiazole rings is 1. The third-order valence-electron chi connectivity index (χ3n) is 5.10. The van der Waals surface area contributed by atoms with Crippen molar-refractivity contribution >= 4 is 33.1 Å². The summed E-state index contributed by atoms with van der Waals surface area (Å²) >= 11 is 1.68. The van der Waals surface area contributed by atoms with Gasteiger partial charge in [0.15, 0.2) is 0 Å². The number of rotatable bonds is 3. The molecular weight excluding hydrogens is 362 g/mol. The van der Waals surface area contributed by atoms with E-state index >= 15 is 0 Å². The fourth-order valence-electron chi connectivity index (χ4n) is 3.65. The van der Waals surface area contributed by atoms with E-state index in [1.807, 2.05) is 23.1 Å². The summed E-state index contributed by atoms with van der Waals surface area (Å²) in [6.07, 6.45) is 1.90. The molecule has 0 aliphatic carbocycles. The number of aromatic nitrogens is 1. The van der Waals surface area contributed by atoms with Crippen molar-refractivity contribution in [2.24, 2.45) is 0 Å². The number of para-hydroxylation sites is 1. The Labute approximate surface area is 160 Å². The summed E-state index contributed by atoms with van der Waals surface area (Å²) in [5.41, 5.74) is 1.82. The molecule has 0 radical (unpaired) electrons. The van der Waals surface area contributed by atoms with Gasteiger partial charge in [0.1, 0.15) is 0 Å². The number of nitro groups is 1. The zero-order valence-corrected chi connectivity index (χ0v) is 15.7. The van der Waals surface area contributed by atoms with Gasteiger partial charge in [-0.15, -0.1) is 11.3 Å². The summed E-state index contributed by atoms with van der Waals surface area (Å²) in [6, 6.07) is 12.7. The SMILES string of the molecule is Cc1c(C(=O)N2CCC[C@@H](c3nc4ccccc4s3)C2)cccc1[N+](=O)[O-]. The summed E-state index contributed by atoms with van der Waals surface area (Å²) in [6.45, 7) is 2.91. The second kappa shape index (κ2) is 7.08. The molecule has 0 spiro atoms. The Kier molecular flexibility index (Phi) is 4.61. The van der Waals surface area contributed by atoms with Crippen LogP contribution in [0.5, 0.6) is 0 Å². The van der Waals surface area contributed by atoms with E-state index in [2.05, 4.69) is 6.07 Å². The molecule has 3 aromatic rings. The lowest BCUT2D eigenvalue weighted by Crippen LogP contribution is -2.39. The molecule has 27 heavy (non-hydrogen) atoms. The quantitative estimate of drug-likeness (QED) is 0.493. The van der Waals surface area contributed by atoms with E-state index in [-0.39, 0.29) is 17.5 Å². The van der Waals surface area contributed by atoms with Gasteiger partial charge in [-0.2, -0.15) is 0 Å². The molecule has 4 rings (SSSR count). The molecule has 0 unspecified atom stereocenters. The van der Waals surface area contributed by atoms with Crippen LogP contribution < -0.4 is 0 Å². The first-order valence-electron chi connectivity index (χ1n) is 8.93. The number of nitrogens with zero attached hydrogens (tertiary/aromatic N) is 3. The highest BCUT2D eigenvalue weighted by Gasteiger charge is 2.29. The predicted octanol–water partition coefficient (Wildman–Crippen LogP) is 4.53. The van der Waals surface area contributed by atoms with Gasteiger partial charge < -0.3 is 4.90 Å². The third-order valence-corrected chi connectivity index (χ3v) is 6.30. The maximum Gasteiger partial charge on any atom is 0.273 e. The first-order valence-corrected chi connectivity index (χ1v) is 9.75. The number of carbonyl (C=O) groups excluding carboxylic acids is 1. The van der Waals surface area contributed by atoms with E-state index in [1.165, 1.54) is 6.07 Å². The molecule has 6 nitrogen and oxygen atoms in total. The van der Waals surface area contributed by atoms with Crippen LogP contribution in [0.15, 0.2) is 42.5 Å². The minimum Gasteiger partial charge on any atom is -0.338 e. The Morgan fingerprint density at radius 2 is 2.07 bits per heavy atom. The lowest BCUT2D eigenvalue weighted by atomic mass is 9.97. The molecule has 1 aliphatic rings. The fraction of sp³-hybridized carbons (Fsp3) is 0.300. The Balaban J connectivity index is 1.59. The lowest BCUT2D eigenvalue weighted by molar-refractivity contribution is -0.385. The van der Waals surface area contributed by atoms with E-state index in [9.17, 15) is 14.9 Å². The van der Waals surface area contributed by atoms with Crippen LogP contribution in [0.1, 0.15) is 39.7 Å². The van der Waals surface area contributed by atoms with Crippen LogP contribution in [-0.4, -0.2) is 33.8 Å². The van der Waals surface area contributed by atoms with Gasteiger partial charge in [0, 0.05) is 36.2 Å². The van der Waals surface area contributed by atoms with Crippen molar-refractivity contribution in [1.29, 1.82) is 0 Å². The number of piperidine rings is 1. The largest absolute Gasteiger partial charge is 0.338 e. The van der Waals surface area contributed by atoms with Crippen LogP contribution in [0.3, 0.4) is 0 Å². The molecule has 0 N–H and O–H groups in total. The van der Waals surface area contributed by atoms with Crippen LogP contribution in [0.2, 0.25) is 0 Å². The Hall–Kier alpha value is -2.80. The van der Waals surface area contributed by atoms with Gasteiger partial charge in [0.25, 0.3) is 11.6 Å². The highest BCUT2D eigenvalue weighted by molar-refractivity contribution is 7.18. The van der Waals surface area contributed by atoms with E-state index in [1.54, 1.807) is 30.4 Å². The van der Waals surface area contributed by atoms with Crippen molar-refractivity contribution in [2.45, 2.75) is 25.7 Å². The summed E-state index contributed by atoms with van der Waals surface area (Å²) in [7, 11) is 0. The number of amides is 1. The van der Waals surface area contributed by atoms with Gasteiger partial charge >= 0.3 is 0 Å². The molecule has 138 valence electrons. The molecule has 1 amide bonds. The second-order valence-corrected chi connectivity index (χ2v) is 7.88. The molecule has 1 fully saturated rings. The highest BCUT2D eigenvalue weighted by Crippen LogP contribution is 2.34.